The molecule has 0 spiro atoms. The highest BCUT2D eigenvalue weighted by atomic mass is 16.2. The van der Waals surface area contributed by atoms with Crippen molar-refractivity contribution in [3.63, 3.8) is 0 Å². The fourth-order valence-electron chi connectivity index (χ4n) is 3.32. The lowest BCUT2D eigenvalue weighted by atomic mass is 9.96. The van der Waals surface area contributed by atoms with Crippen LogP contribution in [0.15, 0.2) is 42.5 Å². The first-order chi connectivity index (χ1) is 12.2. The van der Waals surface area contributed by atoms with Gasteiger partial charge >= 0.3 is 6.03 Å². The molecule has 132 valence electrons. The number of nitrogens with one attached hydrogen (secondary N) is 3. The Hall–Kier alpha value is -2.56. The quantitative estimate of drug-likeness (QED) is 0.775. The van der Waals surface area contributed by atoms with Gasteiger partial charge in [0.25, 0.3) is 0 Å². The van der Waals surface area contributed by atoms with Gasteiger partial charge in [-0.25, -0.2) is 4.79 Å². The number of hydrogen-bond donors (Lipinski definition) is 3. The third kappa shape index (κ3) is 4.95. The largest absolute Gasteiger partial charge is 0.338 e. The molecular formula is C20H25N3O2. The Labute approximate surface area is 148 Å². The Bertz CT molecular complexity index is 733. The molecule has 0 heterocycles. The van der Waals surface area contributed by atoms with Gasteiger partial charge in [-0.1, -0.05) is 55.7 Å². The average Bonchev–Trinajstić information content (AvgIpc) is 2.63. The van der Waals surface area contributed by atoms with Gasteiger partial charge in [0.1, 0.15) is 0 Å². The van der Waals surface area contributed by atoms with Crippen molar-refractivity contribution in [1.29, 1.82) is 0 Å². The van der Waals surface area contributed by atoms with E-state index < -0.39 is 0 Å². The van der Waals surface area contributed by atoms with Crippen LogP contribution in [-0.2, 0) is 4.79 Å². The Balaban J connectivity index is 1.44. The second-order valence-corrected chi connectivity index (χ2v) is 6.56. The molecule has 0 aliphatic heterocycles. The summed E-state index contributed by atoms with van der Waals surface area (Å²) in [6.07, 6.45) is 5.97. The first-order valence-corrected chi connectivity index (χ1v) is 9.04. The predicted molar refractivity (Wildman–Crippen MR) is 101 cm³/mol. The van der Waals surface area contributed by atoms with Crippen molar-refractivity contribution < 1.29 is 9.59 Å². The molecule has 5 heteroatoms. The van der Waals surface area contributed by atoms with Crippen LogP contribution >= 0.6 is 0 Å². The van der Waals surface area contributed by atoms with E-state index in [1.807, 2.05) is 42.5 Å². The number of benzene rings is 2. The van der Waals surface area contributed by atoms with E-state index in [0.29, 0.717) is 6.54 Å². The van der Waals surface area contributed by atoms with Crippen LogP contribution in [0, 0.1) is 0 Å². The van der Waals surface area contributed by atoms with Gasteiger partial charge in [0.15, 0.2) is 0 Å². The van der Waals surface area contributed by atoms with Crippen molar-refractivity contribution in [2.24, 2.45) is 0 Å². The van der Waals surface area contributed by atoms with E-state index in [4.69, 9.17) is 0 Å². The molecule has 1 aliphatic carbocycles. The summed E-state index contributed by atoms with van der Waals surface area (Å²) < 4.78 is 0. The Morgan fingerprint density at radius 2 is 1.72 bits per heavy atom. The summed E-state index contributed by atoms with van der Waals surface area (Å²) >= 11 is 0. The Morgan fingerprint density at radius 1 is 0.960 bits per heavy atom. The van der Waals surface area contributed by atoms with Crippen LogP contribution in [0.5, 0.6) is 0 Å². The number of fused-ring (bicyclic) bond motifs is 1. The molecule has 3 rings (SSSR count). The standard InChI is InChI=1S/C20H25N3O2/c24-19(13-14-21-20(25)22-16-9-2-1-3-10-16)23-18-12-6-8-15-7-4-5-11-17(15)18/h4-8,11-12,16H,1-3,9-10,13-14H2,(H,23,24)(H2,21,22,25). The molecular weight excluding hydrogens is 314 g/mol. The average molecular weight is 339 g/mol. The SMILES string of the molecule is O=C(CCNC(=O)NC1CCCCC1)Nc1cccc2ccccc12. The monoisotopic (exact) mass is 339 g/mol. The van der Waals surface area contributed by atoms with Crippen LogP contribution in [0.3, 0.4) is 0 Å². The summed E-state index contributed by atoms with van der Waals surface area (Å²) in [5.41, 5.74) is 0.801. The third-order valence-corrected chi connectivity index (χ3v) is 4.64. The van der Waals surface area contributed by atoms with Crippen molar-refractivity contribution in [1.82, 2.24) is 10.6 Å². The Kier molecular flexibility index (Phi) is 5.88. The van der Waals surface area contributed by atoms with Crippen LogP contribution in [0.2, 0.25) is 0 Å². The van der Waals surface area contributed by atoms with Gasteiger partial charge in [-0.3, -0.25) is 4.79 Å². The fourth-order valence-corrected chi connectivity index (χ4v) is 3.32. The minimum absolute atomic E-state index is 0.102. The van der Waals surface area contributed by atoms with Crippen LogP contribution < -0.4 is 16.0 Å². The molecule has 25 heavy (non-hydrogen) atoms. The lowest BCUT2D eigenvalue weighted by Crippen LogP contribution is -2.43. The van der Waals surface area contributed by atoms with Crippen LogP contribution in [0.4, 0.5) is 10.5 Å². The molecule has 5 nitrogen and oxygen atoms in total. The van der Waals surface area contributed by atoms with E-state index in [2.05, 4.69) is 16.0 Å². The summed E-state index contributed by atoms with van der Waals surface area (Å²) in [7, 11) is 0. The number of hydrogen-bond acceptors (Lipinski definition) is 2. The third-order valence-electron chi connectivity index (χ3n) is 4.64. The molecule has 3 N–H and O–H groups in total. The lowest BCUT2D eigenvalue weighted by Gasteiger charge is -2.22. The highest BCUT2D eigenvalue weighted by Gasteiger charge is 2.15. The summed E-state index contributed by atoms with van der Waals surface area (Å²) in [5.74, 6) is -0.102. The molecule has 1 fully saturated rings. The molecule has 0 bridgehead atoms. The fraction of sp³-hybridized carbons (Fsp3) is 0.400. The van der Waals surface area contributed by atoms with Crippen LogP contribution in [-0.4, -0.2) is 24.5 Å². The molecule has 0 aromatic heterocycles. The zero-order valence-corrected chi connectivity index (χ0v) is 14.4. The van der Waals surface area contributed by atoms with Crippen molar-refractivity contribution in [2.75, 3.05) is 11.9 Å². The maximum atomic E-state index is 12.1. The van der Waals surface area contributed by atoms with Gasteiger partial charge in [0, 0.05) is 30.1 Å². The van der Waals surface area contributed by atoms with Crippen LogP contribution in [0.1, 0.15) is 38.5 Å². The molecule has 2 aromatic carbocycles. The van der Waals surface area contributed by atoms with E-state index in [-0.39, 0.29) is 24.4 Å². The van der Waals surface area contributed by atoms with Crippen LogP contribution in [0.25, 0.3) is 10.8 Å². The van der Waals surface area contributed by atoms with E-state index in [1.54, 1.807) is 0 Å². The second kappa shape index (κ2) is 8.51. The first-order valence-electron chi connectivity index (χ1n) is 9.04. The van der Waals surface area contributed by atoms with E-state index in [9.17, 15) is 9.59 Å². The first kappa shape index (κ1) is 17.3. The van der Waals surface area contributed by atoms with E-state index in [1.165, 1.54) is 19.3 Å². The molecule has 1 aliphatic rings. The maximum absolute atomic E-state index is 12.1. The molecule has 0 saturated heterocycles. The molecule has 0 unspecified atom stereocenters. The van der Waals surface area contributed by atoms with Crippen molar-refractivity contribution in [3.8, 4) is 0 Å². The molecule has 3 amide bonds. The van der Waals surface area contributed by atoms with Gasteiger partial charge in [-0.15, -0.1) is 0 Å². The Morgan fingerprint density at radius 3 is 2.56 bits per heavy atom. The summed E-state index contributed by atoms with van der Waals surface area (Å²) in [6.45, 7) is 0.329. The summed E-state index contributed by atoms with van der Waals surface area (Å²) in [4.78, 5) is 24.0. The van der Waals surface area contributed by atoms with Gasteiger partial charge in [-0.05, 0) is 24.3 Å². The predicted octanol–water partition coefficient (Wildman–Crippen LogP) is 3.80. The molecule has 2 aromatic rings. The minimum Gasteiger partial charge on any atom is -0.338 e. The van der Waals surface area contributed by atoms with Crippen molar-refractivity contribution >= 4 is 28.4 Å². The number of carbonyl (C=O) groups excluding carboxylic acids is 2. The minimum atomic E-state index is -0.176. The number of amides is 3. The normalized spacial score (nSPS) is 14.9. The number of anilines is 1. The zero-order valence-electron chi connectivity index (χ0n) is 14.4. The van der Waals surface area contributed by atoms with E-state index >= 15 is 0 Å². The number of carbonyl (C=O) groups is 2. The lowest BCUT2D eigenvalue weighted by molar-refractivity contribution is -0.116. The molecule has 0 atom stereocenters. The van der Waals surface area contributed by atoms with Gasteiger partial charge < -0.3 is 16.0 Å². The second-order valence-electron chi connectivity index (χ2n) is 6.56. The highest BCUT2D eigenvalue weighted by molar-refractivity contribution is 6.02. The highest BCUT2D eigenvalue weighted by Crippen LogP contribution is 2.23. The van der Waals surface area contributed by atoms with Gasteiger partial charge in [0.2, 0.25) is 5.91 Å². The number of rotatable bonds is 5. The maximum Gasteiger partial charge on any atom is 0.315 e. The number of urea groups is 1. The topological polar surface area (TPSA) is 70.2 Å². The summed E-state index contributed by atoms with van der Waals surface area (Å²) in [5, 5.41) is 10.8. The summed E-state index contributed by atoms with van der Waals surface area (Å²) in [6, 6.07) is 13.9. The zero-order chi connectivity index (χ0) is 17.5. The molecule has 1 saturated carbocycles. The van der Waals surface area contributed by atoms with Gasteiger partial charge in [0.05, 0.1) is 0 Å². The van der Waals surface area contributed by atoms with Crippen molar-refractivity contribution in [3.05, 3.63) is 42.5 Å². The van der Waals surface area contributed by atoms with Gasteiger partial charge in [-0.2, -0.15) is 0 Å². The van der Waals surface area contributed by atoms with Crippen molar-refractivity contribution in [2.45, 2.75) is 44.6 Å². The molecule has 0 radical (unpaired) electrons. The smallest absolute Gasteiger partial charge is 0.315 e. The van der Waals surface area contributed by atoms with E-state index in [0.717, 1.165) is 29.3 Å².